The lowest BCUT2D eigenvalue weighted by Crippen LogP contribution is -1.96. The summed E-state index contributed by atoms with van der Waals surface area (Å²) in [4.78, 5) is 0. The van der Waals surface area contributed by atoms with Crippen LogP contribution in [0.2, 0.25) is 0 Å². The number of benzene rings is 3. The van der Waals surface area contributed by atoms with Crippen molar-refractivity contribution in [2.24, 2.45) is 0 Å². The van der Waals surface area contributed by atoms with Crippen molar-refractivity contribution in [2.75, 3.05) is 0 Å². The van der Waals surface area contributed by atoms with E-state index >= 15 is 0 Å². The Kier molecular flexibility index (Phi) is 4.47. The monoisotopic (exact) mass is 301 g/mol. The van der Waals surface area contributed by atoms with Gasteiger partial charge in [-0.15, -0.1) is 0 Å². The molecule has 0 bridgehead atoms. The van der Waals surface area contributed by atoms with Gasteiger partial charge in [0, 0.05) is 0 Å². The third-order valence-corrected chi connectivity index (χ3v) is 3.84. The SMILES string of the molecule is Cc1ccc(COc2cc(C)cc(-c3c[c]cc(C)c3)c2)cc1. The summed E-state index contributed by atoms with van der Waals surface area (Å²) in [6, 6.07) is 24.2. The Morgan fingerprint density at radius 3 is 2.22 bits per heavy atom. The first-order valence-corrected chi connectivity index (χ1v) is 7.88. The van der Waals surface area contributed by atoms with Crippen molar-refractivity contribution in [2.45, 2.75) is 27.4 Å². The first-order valence-electron chi connectivity index (χ1n) is 7.88. The summed E-state index contributed by atoms with van der Waals surface area (Å²) in [6.07, 6.45) is 0. The fourth-order valence-corrected chi connectivity index (χ4v) is 2.61. The van der Waals surface area contributed by atoms with E-state index in [1.807, 2.05) is 12.1 Å². The molecule has 3 aromatic carbocycles. The van der Waals surface area contributed by atoms with Crippen LogP contribution in [0.25, 0.3) is 11.1 Å². The molecule has 1 radical (unpaired) electrons. The summed E-state index contributed by atoms with van der Waals surface area (Å²) in [5.74, 6) is 0.905. The van der Waals surface area contributed by atoms with Crippen LogP contribution in [0, 0.1) is 26.8 Å². The molecule has 0 saturated heterocycles. The predicted molar refractivity (Wildman–Crippen MR) is 95.7 cm³/mol. The maximum Gasteiger partial charge on any atom is 0.120 e. The van der Waals surface area contributed by atoms with Gasteiger partial charge in [-0.05, 0) is 72.9 Å². The van der Waals surface area contributed by atoms with Gasteiger partial charge in [-0.3, -0.25) is 0 Å². The van der Waals surface area contributed by atoms with Gasteiger partial charge in [0.05, 0.1) is 0 Å². The van der Waals surface area contributed by atoms with Crippen LogP contribution in [-0.4, -0.2) is 0 Å². The number of hydrogen-bond donors (Lipinski definition) is 0. The molecule has 0 aromatic heterocycles. The maximum atomic E-state index is 5.99. The number of ether oxygens (including phenoxy) is 1. The van der Waals surface area contributed by atoms with Crippen molar-refractivity contribution >= 4 is 0 Å². The van der Waals surface area contributed by atoms with Gasteiger partial charge in [0.25, 0.3) is 0 Å². The quantitative estimate of drug-likeness (QED) is 0.604. The molecule has 0 N–H and O–H groups in total. The minimum Gasteiger partial charge on any atom is -0.489 e. The largest absolute Gasteiger partial charge is 0.489 e. The summed E-state index contributed by atoms with van der Waals surface area (Å²) < 4.78 is 5.99. The number of hydrogen-bond acceptors (Lipinski definition) is 1. The van der Waals surface area contributed by atoms with Gasteiger partial charge in [-0.1, -0.05) is 48.0 Å². The van der Waals surface area contributed by atoms with Crippen molar-refractivity contribution in [3.05, 3.63) is 89.0 Å². The van der Waals surface area contributed by atoms with Crippen molar-refractivity contribution in [1.82, 2.24) is 0 Å². The molecule has 23 heavy (non-hydrogen) atoms. The highest BCUT2D eigenvalue weighted by Gasteiger charge is 2.04. The van der Waals surface area contributed by atoms with Crippen LogP contribution in [0.15, 0.2) is 60.7 Å². The molecule has 0 atom stereocenters. The van der Waals surface area contributed by atoms with E-state index in [4.69, 9.17) is 4.74 Å². The van der Waals surface area contributed by atoms with Crippen molar-refractivity contribution in [3.8, 4) is 16.9 Å². The molecule has 0 fully saturated rings. The Morgan fingerprint density at radius 1 is 0.739 bits per heavy atom. The molecule has 0 heterocycles. The first kappa shape index (κ1) is 15.4. The number of aryl methyl sites for hydroxylation is 3. The van der Waals surface area contributed by atoms with Crippen molar-refractivity contribution in [1.29, 1.82) is 0 Å². The summed E-state index contributed by atoms with van der Waals surface area (Å²) in [5.41, 5.74) is 7.21. The third kappa shape index (κ3) is 4.01. The lowest BCUT2D eigenvalue weighted by atomic mass is 10.0. The Balaban J connectivity index is 1.81. The third-order valence-electron chi connectivity index (χ3n) is 3.84. The highest BCUT2D eigenvalue weighted by molar-refractivity contribution is 5.66. The Bertz CT molecular complexity index is 800. The molecule has 0 spiro atoms. The summed E-state index contributed by atoms with van der Waals surface area (Å²) >= 11 is 0. The lowest BCUT2D eigenvalue weighted by Gasteiger charge is -2.11. The van der Waals surface area contributed by atoms with E-state index < -0.39 is 0 Å². The minimum atomic E-state index is 0.586. The van der Waals surface area contributed by atoms with Gasteiger partial charge < -0.3 is 4.74 Å². The zero-order valence-electron chi connectivity index (χ0n) is 13.9. The molecular formula is C22H21O. The standard InChI is InChI=1S/C22H21O/c1-16-7-9-19(10-8-16)15-23-22-13-18(3)12-21(14-22)20-6-4-5-17(2)11-20/h5-14H,15H2,1-3H3. The molecule has 3 rings (SSSR count). The fourth-order valence-electron chi connectivity index (χ4n) is 2.61. The van der Waals surface area contributed by atoms with Crippen molar-refractivity contribution in [3.63, 3.8) is 0 Å². The van der Waals surface area contributed by atoms with Crippen LogP contribution in [0.3, 0.4) is 0 Å². The van der Waals surface area contributed by atoms with Crippen LogP contribution in [0.4, 0.5) is 0 Å². The molecule has 0 aliphatic heterocycles. The highest BCUT2D eigenvalue weighted by atomic mass is 16.5. The van der Waals surface area contributed by atoms with E-state index in [1.165, 1.54) is 33.4 Å². The Labute approximate surface area is 138 Å². The molecule has 1 heteroatoms. The molecular weight excluding hydrogens is 280 g/mol. The maximum absolute atomic E-state index is 5.99. The molecule has 0 saturated carbocycles. The minimum absolute atomic E-state index is 0.586. The molecule has 0 unspecified atom stereocenters. The van der Waals surface area contributed by atoms with Crippen LogP contribution >= 0.6 is 0 Å². The predicted octanol–water partition coefficient (Wildman–Crippen LogP) is 5.66. The molecule has 115 valence electrons. The number of rotatable bonds is 4. The fraction of sp³-hybridized carbons (Fsp3) is 0.182. The second-order valence-corrected chi connectivity index (χ2v) is 6.11. The highest BCUT2D eigenvalue weighted by Crippen LogP contribution is 2.27. The van der Waals surface area contributed by atoms with Crippen molar-refractivity contribution < 1.29 is 4.74 Å². The van der Waals surface area contributed by atoms with Gasteiger partial charge in [-0.25, -0.2) is 0 Å². The van der Waals surface area contributed by atoms with E-state index in [9.17, 15) is 0 Å². The van der Waals surface area contributed by atoms with Gasteiger partial charge >= 0.3 is 0 Å². The van der Waals surface area contributed by atoms with Gasteiger partial charge in [-0.2, -0.15) is 0 Å². The summed E-state index contributed by atoms with van der Waals surface area (Å²) in [5, 5.41) is 0. The lowest BCUT2D eigenvalue weighted by molar-refractivity contribution is 0.306. The van der Waals surface area contributed by atoms with Crippen LogP contribution in [0.1, 0.15) is 22.3 Å². The first-order chi connectivity index (χ1) is 11.1. The van der Waals surface area contributed by atoms with E-state index in [-0.39, 0.29) is 0 Å². The zero-order chi connectivity index (χ0) is 16.2. The smallest absolute Gasteiger partial charge is 0.120 e. The van der Waals surface area contributed by atoms with E-state index in [0.717, 1.165) is 5.75 Å². The second-order valence-electron chi connectivity index (χ2n) is 6.11. The second kappa shape index (κ2) is 6.70. The van der Waals surface area contributed by atoms with Gasteiger partial charge in [0.15, 0.2) is 0 Å². The van der Waals surface area contributed by atoms with Crippen LogP contribution in [0.5, 0.6) is 5.75 Å². The Hall–Kier alpha value is -2.54. The molecule has 0 amide bonds. The molecule has 0 aliphatic carbocycles. The normalized spacial score (nSPS) is 10.6. The van der Waals surface area contributed by atoms with Crippen LogP contribution in [-0.2, 0) is 6.61 Å². The topological polar surface area (TPSA) is 9.23 Å². The van der Waals surface area contributed by atoms with E-state index in [1.54, 1.807) is 0 Å². The van der Waals surface area contributed by atoms with Gasteiger partial charge in [0.2, 0.25) is 0 Å². The summed E-state index contributed by atoms with van der Waals surface area (Å²) in [7, 11) is 0. The summed E-state index contributed by atoms with van der Waals surface area (Å²) in [6.45, 7) is 6.87. The molecule has 3 aromatic rings. The molecule has 0 aliphatic rings. The van der Waals surface area contributed by atoms with E-state index in [2.05, 4.69) is 75.4 Å². The average Bonchev–Trinajstić information content (AvgIpc) is 2.54. The van der Waals surface area contributed by atoms with Crippen LogP contribution < -0.4 is 4.74 Å². The molecule has 1 nitrogen and oxygen atoms in total. The van der Waals surface area contributed by atoms with E-state index in [0.29, 0.717) is 6.61 Å². The van der Waals surface area contributed by atoms with Gasteiger partial charge in [0.1, 0.15) is 12.4 Å². The average molecular weight is 301 g/mol. The zero-order valence-corrected chi connectivity index (χ0v) is 13.9. The Morgan fingerprint density at radius 2 is 1.48 bits per heavy atom.